The number of amides is 1. The van der Waals surface area contributed by atoms with Crippen LogP contribution in [0.15, 0.2) is 30.9 Å². The molecule has 0 aliphatic rings. The third-order valence-electron chi connectivity index (χ3n) is 2.63. The molecule has 0 aromatic carbocycles. The number of aromatic nitrogens is 3. The van der Waals surface area contributed by atoms with Crippen molar-refractivity contribution in [3.63, 3.8) is 0 Å². The summed E-state index contributed by atoms with van der Waals surface area (Å²) < 4.78 is 1.88. The molecule has 2 aromatic heterocycles. The Kier molecular flexibility index (Phi) is 4.95. The number of nitrogens with one attached hydrogen (secondary N) is 2. The van der Waals surface area contributed by atoms with Gasteiger partial charge in [-0.05, 0) is 19.1 Å². The molecular weight excluding hydrogens is 278 g/mol. The number of pyridine rings is 1. The van der Waals surface area contributed by atoms with E-state index in [0.29, 0.717) is 23.9 Å². The quantitative estimate of drug-likeness (QED) is 0.852. The molecule has 0 aliphatic carbocycles. The van der Waals surface area contributed by atoms with Crippen LogP contribution < -0.4 is 10.6 Å². The smallest absolute Gasteiger partial charge is 0.271 e. The predicted molar refractivity (Wildman–Crippen MR) is 78.0 cm³/mol. The van der Waals surface area contributed by atoms with Crippen LogP contribution in [0, 0.1) is 0 Å². The van der Waals surface area contributed by atoms with E-state index in [9.17, 15) is 4.79 Å². The lowest BCUT2D eigenvalue weighted by Crippen LogP contribution is -2.28. The molecule has 6 nitrogen and oxygen atoms in total. The molecule has 0 unspecified atom stereocenters. The number of carbonyl (C=O) groups excluding carboxylic acids is 1. The summed E-state index contributed by atoms with van der Waals surface area (Å²) >= 11 is 6.00. The minimum absolute atomic E-state index is 0.232. The summed E-state index contributed by atoms with van der Waals surface area (Å²) in [5.74, 6) is 0.353. The molecule has 7 heteroatoms. The van der Waals surface area contributed by atoms with Gasteiger partial charge in [-0.2, -0.15) is 0 Å². The number of imidazole rings is 1. The molecule has 0 saturated carbocycles. The zero-order valence-electron chi connectivity index (χ0n) is 11.1. The van der Waals surface area contributed by atoms with Gasteiger partial charge in [-0.1, -0.05) is 11.6 Å². The maximum atomic E-state index is 12.0. The second-order valence-electron chi connectivity index (χ2n) is 4.11. The fourth-order valence-corrected chi connectivity index (χ4v) is 1.87. The number of nitrogens with zero attached hydrogens (tertiary/aromatic N) is 3. The van der Waals surface area contributed by atoms with Crippen molar-refractivity contribution in [2.24, 2.45) is 0 Å². The van der Waals surface area contributed by atoms with Crippen LogP contribution in [-0.4, -0.2) is 33.5 Å². The van der Waals surface area contributed by atoms with Gasteiger partial charge in [0.1, 0.15) is 11.5 Å². The van der Waals surface area contributed by atoms with Gasteiger partial charge in [0, 0.05) is 32.0 Å². The average Bonchev–Trinajstić information content (AvgIpc) is 2.94. The van der Waals surface area contributed by atoms with Gasteiger partial charge in [-0.3, -0.25) is 4.79 Å². The standard InChI is InChI=1S/C13H16ClN5O/c1-2-16-11-4-3-10(14)12(18-11)13(20)17-6-8-19-7-5-15-9-19/h3-5,7,9H,2,6,8H2,1H3,(H,16,18)(H,17,20). The molecule has 0 spiro atoms. The second kappa shape index (κ2) is 6.91. The molecule has 0 saturated heterocycles. The topological polar surface area (TPSA) is 71.8 Å². The van der Waals surface area contributed by atoms with Gasteiger partial charge >= 0.3 is 0 Å². The minimum Gasteiger partial charge on any atom is -0.370 e. The Hall–Kier alpha value is -2.08. The molecule has 0 fully saturated rings. The Morgan fingerprint density at radius 1 is 1.45 bits per heavy atom. The van der Waals surface area contributed by atoms with Crippen LogP contribution in [0.25, 0.3) is 0 Å². The molecular formula is C13H16ClN5O. The van der Waals surface area contributed by atoms with E-state index >= 15 is 0 Å². The molecule has 0 bridgehead atoms. The van der Waals surface area contributed by atoms with Crippen LogP contribution in [0.2, 0.25) is 5.02 Å². The van der Waals surface area contributed by atoms with Crippen molar-refractivity contribution in [2.45, 2.75) is 13.5 Å². The third-order valence-corrected chi connectivity index (χ3v) is 2.94. The third kappa shape index (κ3) is 3.71. The second-order valence-corrected chi connectivity index (χ2v) is 4.52. The fourth-order valence-electron chi connectivity index (χ4n) is 1.68. The van der Waals surface area contributed by atoms with E-state index in [1.165, 1.54) is 0 Å². The molecule has 0 radical (unpaired) electrons. The first-order valence-electron chi connectivity index (χ1n) is 6.35. The molecule has 20 heavy (non-hydrogen) atoms. The molecule has 2 aromatic rings. The van der Waals surface area contributed by atoms with Crippen molar-refractivity contribution in [3.8, 4) is 0 Å². The van der Waals surface area contributed by atoms with Crippen molar-refractivity contribution < 1.29 is 4.79 Å². The van der Waals surface area contributed by atoms with Crippen LogP contribution in [-0.2, 0) is 6.54 Å². The lowest BCUT2D eigenvalue weighted by Gasteiger charge is -2.09. The van der Waals surface area contributed by atoms with Gasteiger partial charge in [-0.25, -0.2) is 9.97 Å². The summed E-state index contributed by atoms with van der Waals surface area (Å²) in [4.78, 5) is 20.2. The first-order chi connectivity index (χ1) is 9.70. The largest absolute Gasteiger partial charge is 0.370 e. The first kappa shape index (κ1) is 14.3. The fraction of sp³-hybridized carbons (Fsp3) is 0.308. The molecule has 0 atom stereocenters. The van der Waals surface area contributed by atoms with Crippen LogP contribution in [0.3, 0.4) is 0 Å². The van der Waals surface area contributed by atoms with Gasteiger partial charge < -0.3 is 15.2 Å². The summed E-state index contributed by atoms with van der Waals surface area (Å²) in [6.45, 7) is 3.83. The van der Waals surface area contributed by atoms with E-state index in [2.05, 4.69) is 20.6 Å². The van der Waals surface area contributed by atoms with Crippen molar-refractivity contribution in [2.75, 3.05) is 18.4 Å². The van der Waals surface area contributed by atoms with Crippen molar-refractivity contribution >= 4 is 23.3 Å². The Bertz CT molecular complexity index is 570. The van der Waals surface area contributed by atoms with Crippen molar-refractivity contribution in [1.29, 1.82) is 0 Å². The summed E-state index contributed by atoms with van der Waals surface area (Å²) in [5.41, 5.74) is 0.232. The number of carbonyl (C=O) groups is 1. The number of hydrogen-bond acceptors (Lipinski definition) is 4. The lowest BCUT2D eigenvalue weighted by molar-refractivity contribution is 0.0947. The number of halogens is 1. The van der Waals surface area contributed by atoms with E-state index in [1.807, 2.05) is 17.7 Å². The van der Waals surface area contributed by atoms with Crippen LogP contribution in [0.4, 0.5) is 5.82 Å². The van der Waals surface area contributed by atoms with Gasteiger partial charge in [-0.15, -0.1) is 0 Å². The van der Waals surface area contributed by atoms with Crippen molar-refractivity contribution in [1.82, 2.24) is 19.9 Å². The van der Waals surface area contributed by atoms with Gasteiger partial charge in [0.05, 0.1) is 11.3 Å². The minimum atomic E-state index is -0.283. The summed E-state index contributed by atoms with van der Waals surface area (Å²) in [6, 6.07) is 3.41. The highest BCUT2D eigenvalue weighted by molar-refractivity contribution is 6.33. The van der Waals surface area contributed by atoms with Gasteiger partial charge in [0.2, 0.25) is 0 Å². The zero-order valence-corrected chi connectivity index (χ0v) is 11.9. The Balaban J connectivity index is 1.95. The number of hydrogen-bond donors (Lipinski definition) is 2. The van der Waals surface area contributed by atoms with Crippen molar-refractivity contribution in [3.05, 3.63) is 41.6 Å². The SMILES string of the molecule is CCNc1ccc(Cl)c(C(=O)NCCn2ccnc2)n1. The van der Waals surface area contributed by atoms with Crippen LogP contribution in [0.5, 0.6) is 0 Å². The molecule has 2 heterocycles. The highest BCUT2D eigenvalue weighted by Crippen LogP contribution is 2.16. The normalized spacial score (nSPS) is 10.3. The van der Waals surface area contributed by atoms with E-state index < -0.39 is 0 Å². The lowest BCUT2D eigenvalue weighted by atomic mass is 10.3. The number of anilines is 1. The highest BCUT2D eigenvalue weighted by atomic mass is 35.5. The van der Waals surface area contributed by atoms with E-state index in [0.717, 1.165) is 6.54 Å². The summed E-state index contributed by atoms with van der Waals surface area (Å²) in [5, 5.41) is 6.17. The zero-order chi connectivity index (χ0) is 14.4. The molecule has 106 valence electrons. The molecule has 0 aliphatic heterocycles. The summed E-state index contributed by atoms with van der Waals surface area (Å²) in [6.07, 6.45) is 5.23. The molecule has 2 N–H and O–H groups in total. The average molecular weight is 294 g/mol. The van der Waals surface area contributed by atoms with E-state index in [-0.39, 0.29) is 11.6 Å². The van der Waals surface area contributed by atoms with E-state index in [1.54, 1.807) is 24.7 Å². The first-order valence-corrected chi connectivity index (χ1v) is 6.73. The maximum absolute atomic E-state index is 12.0. The van der Waals surface area contributed by atoms with Gasteiger partial charge in [0.25, 0.3) is 5.91 Å². The maximum Gasteiger partial charge on any atom is 0.271 e. The Morgan fingerprint density at radius 3 is 3.00 bits per heavy atom. The number of rotatable bonds is 6. The highest BCUT2D eigenvalue weighted by Gasteiger charge is 2.12. The summed E-state index contributed by atoms with van der Waals surface area (Å²) in [7, 11) is 0. The van der Waals surface area contributed by atoms with E-state index in [4.69, 9.17) is 11.6 Å². The molecule has 1 amide bonds. The Morgan fingerprint density at radius 2 is 2.30 bits per heavy atom. The van der Waals surface area contributed by atoms with Crippen LogP contribution in [0.1, 0.15) is 17.4 Å². The van der Waals surface area contributed by atoms with Crippen LogP contribution >= 0.6 is 11.6 Å². The Labute approximate surface area is 122 Å². The predicted octanol–water partition coefficient (Wildman–Crippen LogP) is 1.79. The monoisotopic (exact) mass is 293 g/mol. The molecule has 2 rings (SSSR count). The van der Waals surface area contributed by atoms with Gasteiger partial charge in [0.15, 0.2) is 0 Å².